The lowest BCUT2D eigenvalue weighted by atomic mass is 10.2. The number of alkyl halides is 1. The number of nitrogens with zero attached hydrogens (tertiary/aromatic N) is 8. The van der Waals surface area contributed by atoms with E-state index in [-0.39, 0.29) is 21.2 Å². The van der Waals surface area contributed by atoms with Gasteiger partial charge in [0.1, 0.15) is 5.84 Å². The first-order valence-corrected chi connectivity index (χ1v) is 20.1. The summed E-state index contributed by atoms with van der Waals surface area (Å²) < 4.78 is 6.50. The Labute approximate surface area is 341 Å². The van der Waals surface area contributed by atoms with E-state index in [1.54, 1.807) is 35.6 Å². The Hall–Kier alpha value is -5.54. The molecule has 300 valence electrons. The zero-order valence-corrected chi connectivity index (χ0v) is 34.4. The number of halogens is 1. The zero-order chi connectivity index (χ0) is 40.9. The molecular formula is C42H50ClN9O4S. The lowest BCUT2D eigenvalue weighted by Crippen LogP contribution is -2.14. The molecule has 4 aromatic heterocycles. The Morgan fingerprint density at radius 3 is 1.56 bits per heavy atom. The number of hydrogen-bond donors (Lipinski definition) is 1. The number of rotatable bonds is 15. The van der Waals surface area contributed by atoms with Crippen LogP contribution in [0.4, 0.5) is 17.1 Å². The Morgan fingerprint density at radius 2 is 1.14 bits per heavy atom. The van der Waals surface area contributed by atoms with Gasteiger partial charge in [0, 0.05) is 101 Å². The molecule has 7 aromatic rings. The molecule has 0 aliphatic rings. The zero-order valence-electron chi connectivity index (χ0n) is 32.8. The number of non-ortho nitro benzene ring substituents is 2. The molecule has 0 aliphatic carbocycles. The molecule has 0 amide bonds. The fourth-order valence-corrected chi connectivity index (χ4v) is 7.15. The number of aliphatic imine (C=N–C) groups is 1. The molecule has 4 heterocycles. The molecule has 13 nitrogen and oxygen atoms in total. The lowest BCUT2D eigenvalue weighted by Gasteiger charge is -2.10. The molecule has 0 unspecified atom stereocenters. The third-order valence-electron chi connectivity index (χ3n) is 9.25. The highest BCUT2D eigenvalue weighted by molar-refractivity contribution is 7.12. The predicted molar refractivity (Wildman–Crippen MR) is 236 cm³/mol. The maximum atomic E-state index is 10.7. The summed E-state index contributed by atoms with van der Waals surface area (Å²) in [4.78, 5) is 30.5. The van der Waals surface area contributed by atoms with Crippen molar-refractivity contribution in [1.82, 2.24) is 23.5 Å². The van der Waals surface area contributed by atoms with Gasteiger partial charge >= 0.3 is 0 Å². The van der Waals surface area contributed by atoms with Crippen molar-refractivity contribution < 1.29 is 9.85 Å². The first-order valence-electron chi connectivity index (χ1n) is 18.7. The molecule has 7 rings (SSSR count). The van der Waals surface area contributed by atoms with Crippen LogP contribution in [0.2, 0.25) is 0 Å². The Bertz CT molecular complexity index is 2410. The van der Waals surface area contributed by atoms with Gasteiger partial charge in [-0.1, -0.05) is 6.07 Å². The number of benzene rings is 3. The molecule has 0 bridgehead atoms. The number of hydrogen-bond acceptors (Lipinski definition) is 8. The largest absolute Gasteiger partial charge is 0.383 e. The number of fused-ring (bicyclic) bond motifs is 3. The third kappa shape index (κ3) is 12.0. The van der Waals surface area contributed by atoms with Gasteiger partial charge in [-0.15, -0.1) is 22.9 Å². The van der Waals surface area contributed by atoms with E-state index in [0.717, 1.165) is 84.4 Å². The van der Waals surface area contributed by atoms with Crippen molar-refractivity contribution in [3.63, 3.8) is 0 Å². The molecule has 2 N–H and O–H groups in total. The second-order valence-electron chi connectivity index (χ2n) is 14.1. The van der Waals surface area contributed by atoms with Crippen LogP contribution in [0.25, 0.3) is 32.7 Å². The van der Waals surface area contributed by atoms with Crippen LogP contribution in [0.15, 0.2) is 114 Å². The monoisotopic (exact) mass is 811 g/mol. The van der Waals surface area contributed by atoms with Gasteiger partial charge in [-0.05, 0) is 121 Å². The van der Waals surface area contributed by atoms with Crippen LogP contribution < -0.4 is 5.73 Å². The number of nitro benzene ring substituents is 2. The maximum Gasteiger partial charge on any atom is 0.270 e. The average Bonchev–Trinajstić information content (AvgIpc) is 4.01. The summed E-state index contributed by atoms with van der Waals surface area (Å²) in [5.41, 5.74) is 10.5. The lowest BCUT2D eigenvalue weighted by molar-refractivity contribution is -0.384. The van der Waals surface area contributed by atoms with Crippen molar-refractivity contribution in [2.24, 2.45) is 10.7 Å². The number of nitrogens with two attached hydrogens (primary N) is 1. The summed E-state index contributed by atoms with van der Waals surface area (Å²) in [6.45, 7) is 4.93. The number of nitro groups is 2. The normalized spacial score (nSPS) is 11.6. The van der Waals surface area contributed by atoms with Crippen molar-refractivity contribution in [2.45, 2.75) is 38.9 Å². The van der Waals surface area contributed by atoms with Gasteiger partial charge in [-0.2, -0.15) is 0 Å². The van der Waals surface area contributed by atoms with E-state index >= 15 is 0 Å². The molecule has 0 saturated heterocycles. The molecular weight excluding hydrogens is 762 g/mol. The number of amidine groups is 1. The Kier molecular flexibility index (Phi) is 15.4. The summed E-state index contributed by atoms with van der Waals surface area (Å²) in [6, 6.07) is 26.1. The highest BCUT2D eigenvalue weighted by Crippen LogP contribution is 2.25. The first-order chi connectivity index (χ1) is 27.4. The molecule has 0 atom stereocenters. The van der Waals surface area contributed by atoms with Crippen LogP contribution >= 0.6 is 22.9 Å². The van der Waals surface area contributed by atoms with Crippen LogP contribution in [0.3, 0.4) is 0 Å². The predicted octanol–water partition coefficient (Wildman–Crippen LogP) is 9.37. The van der Waals surface area contributed by atoms with Crippen LogP contribution in [0.5, 0.6) is 0 Å². The molecule has 3 aromatic carbocycles. The minimum atomic E-state index is -0.379. The molecule has 0 aliphatic heterocycles. The van der Waals surface area contributed by atoms with Crippen LogP contribution in [0, 0.1) is 20.2 Å². The molecule has 0 fully saturated rings. The van der Waals surface area contributed by atoms with Crippen molar-refractivity contribution in [1.29, 1.82) is 0 Å². The molecule has 0 spiro atoms. The van der Waals surface area contributed by atoms with E-state index in [1.165, 1.54) is 17.0 Å². The summed E-state index contributed by atoms with van der Waals surface area (Å²) in [6.07, 6.45) is 9.17. The topological polar surface area (TPSA) is 146 Å². The van der Waals surface area contributed by atoms with Crippen molar-refractivity contribution in [3.05, 3.63) is 134 Å². The van der Waals surface area contributed by atoms with Crippen molar-refractivity contribution >= 4 is 78.5 Å². The van der Waals surface area contributed by atoms with Gasteiger partial charge in [-0.3, -0.25) is 20.2 Å². The van der Waals surface area contributed by atoms with E-state index in [4.69, 9.17) is 17.3 Å². The average molecular weight is 812 g/mol. The Balaban J connectivity index is 0.000000166. The highest BCUT2D eigenvalue weighted by Gasteiger charge is 2.10. The van der Waals surface area contributed by atoms with Gasteiger partial charge in [-0.25, -0.2) is 4.99 Å². The van der Waals surface area contributed by atoms with E-state index in [2.05, 4.69) is 81.1 Å². The fraction of sp³-hybridized carbons (Fsp3) is 0.310. The number of aromatic nitrogens is 3. The third-order valence-corrected chi connectivity index (χ3v) is 10.4. The minimum absolute atomic E-state index is 0.127. The van der Waals surface area contributed by atoms with Gasteiger partial charge < -0.3 is 29.2 Å². The van der Waals surface area contributed by atoms with Gasteiger partial charge in [0.2, 0.25) is 0 Å². The van der Waals surface area contributed by atoms with Crippen LogP contribution in [-0.2, 0) is 19.6 Å². The fourth-order valence-electron chi connectivity index (χ4n) is 6.41. The maximum absolute atomic E-state index is 10.7. The van der Waals surface area contributed by atoms with Crippen LogP contribution in [0.1, 0.15) is 24.1 Å². The van der Waals surface area contributed by atoms with Gasteiger partial charge in [0.15, 0.2) is 0 Å². The van der Waals surface area contributed by atoms with Gasteiger partial charge in [0.25, 0.3) is 11.4 Å². The quantitative estimate of drug-likeness (QED) is 0.0357. The summed E-state index contributed by atoms with van der Waals surface area (Å²) in [7, 11) is 8.32. The van der Waals surface area contributed by atoms with Crippen molar-refractivity contribution in [3.8, 4) is 0 Å². The van der Waals surface area contributed by atoms with Crippen LogP contribution in [-0.4, -0.2) is 86.3 Å². The molecule has 0 saturated carbocycles. The summed E-state index contributed by atoms with van der Waals surface area (Å²) in [5, 5.41) is 26.3. The first kappa shape index (κ1) is 42.6. The number of aryl methyl sites for hydroxylation is 3. The summed E-state index contributed by atoms with van der Waals surface area (Å²) in [5.74, 6) is 1.19. The molecule has 57 heavy (non-hydrogen) atoms. The smallest absolute Gasteiger partial charge is 0.270 e. The van der Waals surface area contributed by atoms with Crippen molar-refractivity contribution in [2.75, 3.05) is 47.2 Å². The Morgan fingerprint density at radius 1 is 0.684 bits per heavy atom. The standard InChI is InChI=1S/C18H22N4S.C13H17N3O2.C11H11ClN2O2/c1-21(2)9-4-10-22-11-8-14-13-15(6-7-16(14)22)20-18(19)17-5-3-12-23-17;1-14(2)7-3-8-15-9-6-11-10-12(16(17)18)4-5-13(11)15;12-5-1-6-13-7-4-9-8-10(14(15)16)2-3-11(9)13/h3,5-8,11-13H,4,9-10H2,1-2H3,(H2,19,20);4-6,9-10H,3,7-8H2,1-2H3;2-4,7-8H,1,5-6H2. The van der Waals surface area contributed by atoms with E-state index < -0.39 is 0 Å². The van der Waals surface area contributed by atoms with E-state index in [9.17, 15) is 20.2 Å². The van der Waals surface area contributed by atoms with E-state index in [1.807, 2.05) is 54.2 Å². The second kappa shape index (κ2) is 20.6. The van der Waals surface area contributed by atoms with E-state index in [0.29, 0.717) is 11.7 Å². The highest BCUT2D eigenvalue weighted by atomic mass is 35.5. The SMILES string of the molecule is CN(C)CCCn1ccc2cc(N=C(N)c3cccs3)ccc21.CN(C)CCCn1ccc2cc([N+](=O)[O-])ccc21.O=[N+]([O-])c1ccc2c(ccn2CCCCl)c1. The number of thiophene rings is 1. The van der Waals surface area contributed by atoms with Gasteiger partial charge in [0.05, 0.1) is 20.4 Å². The second-order valence-corrected chi connectivity index (χ2v) is 15.4. The summed E-state index contributed by atoms with van der Waals surface area (Å²) >= 11 is 7.24. The molecule has 0 radical (unpaired) electrons. The minimum Gasteiger partial charge on any atom is -0.383 e. The molecule has 15 heteroatoms.